The largest absolute Gasteiger partial charge is 0.310 e. The van der Waals surface area contributed by atoms with Crippen LogP contribution >= 0.6 is 0 Å². The first-order chi connectivity index (χ1) is 9.72. The first-order valence-corrected chi connectivity index (χ1v) is 7.64. The van der Waals surface area contributed by atoms with Gasteiger partial charge in [0.25, 0.3) is 0 Å². The smallest absolute Gasteiger partial charge is 0.0326 e. The second-order valence-electron chi connectivity index (χ2n) is 5.77. The number of aryl methyl sites for hydroxylation is 1. The van der Waals surface area contributed by atoms with E-state index in [0.29, 0.717) is 6.04 Å². The molecule has 0 fully saturated rings. The van der Waals surface area contributed by atoms with Crippen molar-refractivity contribution in [2.75, 3.05) is 6.54 Å². The Kier molecular flexibility index (Phi) is 3.62. The molecule has 0 bridgehead atoms. The van der Waals surface area contributed by atoms with Gasteiger partial charge in [0.05, 0.1) is 0 Å². The fourth-order valence-electron chi connectivity index (χ4n) is 3.41. The van der Waals surface area contributed by atoms with E-state index in [9.17, 15) is 0 Å². The summed E-state index contributed by atoms with van der Waals surface area (Å²) < 4.78 is 0. The van der Waals surface area contributed by atoms with E-state index in [1.54, 1.807) is 5.56 Å². The lowest BCUT2D eigenvalue weighted by molar-refractivity contribution is 0.549. The zero-order chi connectivity index (χ0) is 14.1. The molecule has 0 aliphatic heterocycles. The summed E-state index contributed by atoms with van der Waals surface area (Å²) in [6.07, 6.45) is 2.42. The third-order valence-corrected chi connectivity index (χ3v) is 4.62. The van der Waals surface area contributed by atoms with E-state index >= 15 is 0 Å². The predicted octanol–water partition coefficient (Wildman–Crippen LogP) is 4.57. The van der Waals surface area contributed by atoms with Gasteiger partial charge in [-0.2, -0.15) is 0 Å². The maximum Gasteiger partial charge on any atom is 0.0326 e. The van der Waals surface area contributed by atoms with Gasteiger partial charge in [-0.1, -0.05) is 43.3 Å². The molecule has 0 heterocycles. The quantitative estimate of drug-likeness (QED) is 0.857. The van der Waals surface area contributed by atoms with Crippen molar-refractivity contribution >= 4 is 0 Å². The molecule has 0 saturated carbocycles. The maximum absolute atomic E-state index is 3.61. The summed E-state index contributed by atoms with van der Waals surface area (Å²) >= 11 is 0. The van der Waals surface area contributed by atoms with Crippen molar-refractivity contribution in [2.45, 2.75) is 39.7 Å². The molecule has 0 spiro atoms. The van der Waals surface area contributed by atoms with Crippen molar-refractivity contribution in [3.8, 4) is 11.1 Å². The number of hydrogen-bond donors (Lipinski definition) is 1. The molecule has 1 aliphatic carbocycles. The molecule has 0 amide bonds. The van der Waals surface area contributed by atoms with Crippen molar-refractivity contribution in [1.82, 2.24) is 5.32 Å². The van der Waals surface area contributed by atoms with Crippen LogP contribution in [0.1, 0.15) is 41.6 Å². The van der Waals surface area contributed by atoms with Crippen LogP contribution in [0, 0.1) is 13.8 Å². The molecule has 0 aromatic heterocycles. The molecule has 1 heteroatoms. The Bertz CT molecular complexity index is 628. The lowest BCUT2D eigenvalue weighted by Crippen LogP contribution is -2.18. The second kappa shape index (κ2) is 5.41. The Morgan fingerprint density at radius 3 is 2.60 bits per heavy atom. The third-order valence-electron chi connectivity index (χ3n) is 4.62. The monoisotopic (exact) mass is 265 g/mol. The molecule has 1 atom stereocenters. The van der Waals surface area contributed by atoms with Gasteiger partial charge >= 0.3 is 0 Å². The van der Waals surface area contributed by atoms with Gasteiger partial charge in [-0.25, -0.2) is 0 Å². The molecule has 1 nitrogen and oxygen atoms in total. The minimum Gasteiger partial charge on any atom is -0.310 e. The normalized spacial score (nSPS) is 17.2. The van der Waals surface area contributed by atoms with Crippen LogP contribution in [0.25, 0.3) is 11.1 Å². The van der Waals surface area contributed by atoms with E-state index < -0.39 is 0 Å². The van der Waals surface area contributed by atoms with Crippen molar-refractivity contribution in [3.05, 3.63) is 58.7 Å². The van der Waals surface area contributed by atoms with Crippen LogP contribution in [0.15, 0.2) is 36.4 Å². The summed E-state index contributed by atoms with van der Waals surface area (Å²) in [6, 6.07) is 14.0. The third kappa shape index (κ3) is 2.16. The van der Waals surface area contributed by atoms with Crippen LogP contribution < -0.4 is 5.32 Å². The number of nitrogens with one attached hydrogen (secondary N) is 1. The van der Waals surface area contributed by atoms with Crippen LogP contribution in [-0.2, 0) is 6.42 Å². The van der Waals surface area contributed by atoms with E-state index in [0.717, 1.165) is 6.54 Å². The Hall–Kier alpha value is -1.60. The zero-order valence-corrected chi connectivity index (χ0v) is 12.7. The minimum absolute atomic E-state index is 0.542. The van der Waals surface area contributed by atoms with Crippen molar-refractivity contribution in [2.24, 2.45) is 0 Å². The molecule has 1 aliphatic rings. The fourth-order valence-corrected chi connectivity index (χ4v) is 3.41. The summed E-state index contributed by atoms with van der Waals surface area (Å²) in [6.45, 7) is 7.66. The first kappa shape index (κ1) is 13.4. The Morgan fingerprint density at radius 1 is 1.05 bits per heavy atom. The van der Waals surface area contributed by atoms with Gasteiger partial charge < -0.3 is 5.32 Å². The predicted molar refractivity (Wildman–Crippen MR) is 86.1 cm³/mol. The fraction of sp³-hybridized carbons (Fsp3) is 0.368. The molecule has 3 rings (SSSR count). The highest BCUT2D eigenvalue weighted by Gasteiger charge is 2.24. The molecule has 1 unspecified atom stereocenters. The Balaban J connectivity index is 2.11. The minimum atomic E-state index is 0.542. The molecule has 2 aromatic rings. The van der Waals surface area contributed by atoms with Crippen molar-refractivity contribution in [1.29, 1.82) is 0 Å². The molecule has 1 N–H and O–H groups in total. The van der Waals surface area contributed by atoms with Crippen LogP contribution in [0.3, 0.4) is 0 Å². The standard InChI is InChI=1S/C19H23N/c1-4-20-19-12-11-17-16(9-6-10-18(17)19)15-8-5-7-13(2)14(15)3/h5-10,19-20H,4,11-12H2,1-3H3. The Morgan fingerprint density at radius 2 is 1.80 bits per heavy atom. The van der Waals surface area contributed by atoms with Gasteiger partial charge in [0.1, 0.15) is 0 Å². The van der Waals surface area contributed by atoms with Crippen molar-refractivity contribution in [3.63, 3.8) is 0 Å². The van der Waals surface area contributed by atoms with Gasteiger partial charge in [0, 0.05) is 6.04 Å². The van der Waals surface area contributed by atoms with Crippen LogP contribution in [0.5, 0.6) is 0 Å². The molecule has 0 radical (unpaired) electrons. The summed E-state index contributed by atoms with van der Waals surface area (Å²) in [5.74, 6) is 0. The zero-order valence-electron chi connectivity index (χ0n) is 12.7. The molecule has 20 heavy (non-hydrogen) atoms. The molecule has 104 valence electrons. The summed E-state index contributed by atoms with van der Waals surface area (Å²) in [7, 11) is 0. The second-order valence-corrected chi connectivity index (χ2v) is 5.77. The average Bonchev–Trinajstić information content (AvgIpc) is 2.86. The van der Waals surface area contributed by atoms with Crippen LogP contribution in [-0.4, -0.2) is 6.54 Å². The van der Waals surface area contributed by atoms with Gasteiger partial charge in [-0.05, 0) is 66.6 Å². The average molecular weight is 265 g/mol. The number of fused-ring (bicyclic) bond motifs is 1. The molecule has 0 saturated heterocycles. The van der Waals surface area contributed by atoms with Crippen LogP contribution in [0.4, 0.5) is 0 Å². The SMILES string of the molecule is CCNC1CCc2c(-c3cccc(C)c3C)cccc21. The lowest BCUT2D eigenvalue weighted by atomic mass is 9.92. The van der Waals surface area contributed by atoms with E-state index in [4.69, 9.17) is 0 Å². The topological polar surface area (TPSA) is 12.0 Å². The number of hydrogen-bond acceptors (Lipinski definition) is 1. The van der Waals surface area contributed by atoms with Crippen molar-refractivity contribution < 1.29 is 0 Å². The highest BCUT2D eigenvalue weighted by molar-refractivity contribution is 5.73. The Labute approximate surface area is 122 Å². The van der Waals surface area contributed by atoms with E-state index in [-0.39, 0.29) is 0 Å². The van der Waals surface area contributed by atoms with Gasteiger partial charge in [0.2, 0.25) is 0 Å². The maximum atomic E-state index is 3.61. The summed E-state index contributed by atoms with van der Waals surface area (Å²) in [5, 5.41) is 3.61. The lowest BCUT2D eigenvalue weighted by Gasteiger charge is -2.15. The summed E-state index contributed by atoms with van der Waals surface area (Å²) in [4.78, 5) is 0. The van der Waals surface area contributed by atoms with E-state index in [1.807, 2.05) is 0 Å². The summed E-state index contributed by atoms with van der Waals surface area (Å²) in [5.41, 5.74) is 8.68. The number of benzene rings is 2. The first-order valence-electron chi connectivity index (χ1n) is 7.64. The van der Waals surface area contributed by atoms with Gasteiger partial charge in [-0.3, -0.25) is 0 Å². The number of rotatable bonds is 3. The van der Waals surface area contributed by atoms with E-state index in [2.05, 4.69) is 62.5 Å². The van der Waals surface area contributed by atoms with Gasteiger partial charge in [-0.15, -0.1) is 0 Å². The van der Waals surface area contributed by atoms with E-state index in [1.165, 1.54) is 40.7 Å². The molecular weight excluding hydrogens is 242 g/mol. The highest BCUT2D eigenvalue weighted by Crippen LogP contribution is 2.38. The van der Waals surface area contributed by atoms with Gasteiger partial charge in [0.15, 0.2) is 0 Å². The highest BCUT2D eigenvalue weighted by atomic mass is 14.9. The molecule has 2 aromatic carbocycles. The van der Waals surface area contributed by atoms with Crippen LogP contribution in [0.2, 0.25) is 0 Å². The molecular formula is C19H23N.